The number of aryl methyl sites for hydroxylation is 1. The molecule has 20 heavy (non-hydrogen) atoms. The highest BCUT2D eigenvalue weighted by Crippen LogP contribution is 2.37. The zero-order valence-electron chi connectivity index (χ0n) is 11.9. The van der Waals surface area contributed by atoms with Crippen molar-refractivity contribution in [3.63, 3.8) is 0 Å². The van der Waals surface area contributed by atoms with Gasteiger partial charge in [0.25, 0.3) is 0 Å². The Hall–Kier alpha value is -1.10. The van der Waals surface area contributed by atoms with Crippen molar-refractivity contribution in [2.45, 2.75) is 51.4 Å². The smallest absolute Gasteiger partial charge is 0.312 e. The van der Waals surface area contributed by atoms with Crippen LogP contribution < -0.4 is 5.32 Å². The van der Waals surface area contributed by atoms with E-state index in [0.29, 0.717) is 0 Å². The first-order valence-electron chi connectivity index (χ1n) is 7.59. The number of nitrogens with zero attached hydrogens (tertiary/aromatic N) is 1. The van der Waals surface area contributed by atoms with Crippen LogP contribution in [0.5, 0.6) is 0 Å². The molecule has 2 aliphatic carbocycles. The molecule has 1 aromatic heterocycles. The zero-order chi connectivity index (χ0) is 14.1. The number of rotatable bonds is 4. The van der Waals surface area contributed by atoms with Crippen molar-refractivity contribution in [2.24, 2.45) is 11.8 Å². The monoisotopic (exact) mass is 294 g/mol. The molecule has 0 spiro atoms. The van der Waals surface area contributed by atoms with Gasteiger partial charge in [-0.05, 0) is 43.9 Å². The van der Waals surface area contributed by atoms with E-state index in [1.165, 1.54) is 24.1 Å². The quantitative estimate of drug-likeness (QED) is 0.892. The van der Waals surface area contributed by atoms with Gasteiger partial charge in [-0.3, -0.25) is 4.79 Å². The molecular formula is C15H22N2O2S. The van der Waals surface area contributed by atoms with Gasteiger partial charge in [0.15, 0.2) is 5.13 Å². The highest BCUT2D eigenvalue weighted by molar-refractivity contribution is 7.15. The Kier molecular flexibility index (Phi) is 3.96. The maximum atomic E-state index is 11.3. The molecule has 3 rings (SSSR count). The number of nitrogens with one attached hydrogen (secondary N) is 1. The molecule has 0 aromatic carbocycles. The summed E-state index contributed by atoms with van der Waals surface area (Å²) in [7, 11) is 0. The van der Waals surface area contributed by atoms with Gasteiger partial charge in [0, 0.05) is 11.4 Å². The predicted octanol–water partition coefficient (Wildman–Crippen LogP) is 3.50. The average Bonchev–Trinajstić information content (AvgIpc) is 3.01. The summed E-state index contributed by atoms with van der Waals surface area (Å²) in [4.78, 5) is 17.0. The van der Waals surface area contributed by atoms with E-state index in [4.69, 9.17) is 0 Å². The molecule has 0 aliphatic heterocycles. The largest absolute Gasteiger partial charge is 0.481 e. The van der Waals surface area contributed by atoms with Gasteiger partial charge in [0.2, 0.25) is 0 Å². The van der Waals surface area contributed by atoms with Crippen LogP contribution in [0.1, 0.15) is 55.5 Å². The number of aromatic nitrogens is 1. The minimum Gasteiger partial charge on any atom is -0.481 e. The van der Waals surface area contributed by atoms with Crippen LogP contribution in [0.3, 0.4) is 0 Å². The minimum absolute atomic E-state index is 0.392. The second kappa shape index (κ2) is 5.72. The van der Waals surface area contributed by atoms with E-state index in [0.717, 1.165) is 48.5 Å². The molecule has 110 valence electrons. The molecule has 0 amide bonds. The third-order valence-corrected chi connectivity index (χ3v) is 5.69. The first kappa shape index (κ1) is 13.9. The van der Waals surface area contributed by atoms with Crippen molar-refractivity contribution in [3.8, 4) is 0 Å². The Balaban J connectivity index is 1.65. The Bertz CT molecular complexity index is 500. The van der Waals surface area contributed by atoms with Crippen LogP contribution in [-0.4, -0.2) is 22.6 Å². The van der Waals surface area contributed by atoms with E-state index >= 15 is 0 Å². The number of thiazole rings is 1. The third kappa shape index (κ3) is 2.82. The third-order valence-electron chi connectivity index (χ3n) is 4.60. The summed E-state index contributed by atoms with van der Waals surface area (Å²) >= 11 is 1.66. The Morgan fingerprint density at radius 1 is 1.45 bits per heavy atom. The summed E-state index contributed by atoms with van der Waals surface area (Å²) < 4.78 is 0. The Labute approximate surface area is 123 Å². The van der Waals surface area contributed by atoms with Crippen molar-refractivity contribution < 1.29 is 9.90 Å². The van der Waals surface area contributed by atoms with E-state index in [1.807, 2.05) is 0 Å². The summed E-state index contributed by atoms with van der Waals surface area (Å²) in [5.41, 5.74) is 0.816. The molecule has 1 saturated carbocycles. The van der Waals surface area contributed by atoms with Crippen LogP contribution in [0.2, 0.25) is 0 Å². The summed E-state index contributed by atoms with van der Waals surface area (Å²) in [5, 5.41) is 13.6. The maximum Gasteiger partial charge on any atom is 0.312 e. The van der Waals surface area contributed by atoms with E-state index < -0.39 is 11.9 Å². The van der Waals surface area contributed by atoms with Gasteiger partial charge in [0.05, 0.1) is 5.69 Å². The number of carboxylic acids is 1. The van der Waals surface area contributed by atoms with Crippen LogP contribution in [0.4, 0.5) is 5.13 Å². The van der Waals surface area contributed by atoms with Crippen molar-refractivity contribution in [1.82, 2.24) is 4.98 Å². The van der Waals surface area contributed by atoms with Crippen LogP contribution >= 0.6 is 11.3 Å². The van der Waals surface area contributed by atoms with Crippen LogP contribution in [-0.2, 0) is 11.2 Å². The van der Waals surface area contributed by atoms with Crippen LogP contribution in [0.15, 0.2) is 0 Å². The van der Waals surface area contributed by atoms with Crippen molar-refractivity contribution in [1.29, 1.82) is 0 Å². The number of anilines is 1. The van der Waals surface area contributed by atoms with Gasteiger partial charge in [-0.2, -0.15) is 0 Å². The van der Waals surface area contributed by atoms with E-state index in [9.17, 15) is 9.90 Å². The summed E-state index contributed by atoms with van der Waals surface area (Å²) in [5.74, 6) is 0.480. The molecule has 0 bridgehead atoms. The highest BCUT2D eigenvalue weighted by atomic mass is 32.1. The number of hydrogen-bond donors (Lipinski definition) is 2. The lowest BCUT2D eigenvalue weighted by atomic mass is 9.91. The SMILES string of the molecule is CC1CCC(CNc2nc3c(s2)CCCC3C(=O)O)C1. The molecule has 2 aliphatic rings. The van der Waals surface area contributed by atoms with Gasteiger partial charge in [-0.25, -0.2) is 4.98 Å². The average molecular weight is 294 g/mol. The topological polar surface area (TPSA) is 62.2 Å². The van der Waals surface area contributed by atoms with Gasteiger partial charge in [0.1, 0.15) is 5.92 Å². The summed E-state index contributed by atoms with van der Waals surface area (Å²) in [6.45, 7) is 3.30. The van der Waals surface area contributed by atoms with Gasteiger partial charge in [-0.15, -0.1) is 11.3 Å². The lowest BCUT2D eigenvalue weighted by molar-refractivity contribution is -0.139. The van der Waals surface area contributed by atoms with Crippen LogP contribution in [0, 0.1) is 11.8 Å². The molecule has 3 atom stereocenters. The first-order valence-corrected chi connectivity index (χ1v) is 8.41. The summed E-state index contributed by atoms with van der Waals surface area (Å²) in [6.07, 6.45) is 6.62. The molecule has 4 nitrogen and oxygen atoms in total. The van der Waals surface area contributed by atoms with E-state index in [2.05, 4.69) is 17.2 Å². The first-order chi connectivity index (χ1) is 9.63. The van der Waals surface area contributed by atoms with Crippen molar-refractivity contribution in [3.05, 3.63) is 10.6 Å². The number of aliphatic carboxylic acids is 1. The molecular weight excluding hydrogens is 272 g/mol. The highest BCUT2D eigenvalue weighted by Gasteiger charge is 2.30. The number of carbonyl (C=O) groups is 1. The Morgan fingerprint density at radius 2 is 2.30 bits per heavy atom. The van der Waals surface area contributed by atoms with E-state index in [1.54, 1.807) is 11.3 Å². The Morgan fingerprint density at radius 3 is 3.00 bits per heavy atom. The zero-order valence-corrected chi connectivity index (χ0v) is 12.7. The van der Waals surface area contributed by atoms with Gasteiger partial charge < -0.3 is 10.4 Å². The number of carboxylic acid groups (broad SMARTS) is 1. The van der Waals surface area contributed by atoms with Crippen molar-refractivity contribution >= 4 is 22.4 Å². The molecule has 5 heteroatoms. The number of hydrogen-bond acceptors (Lipinski definition) is 4. The van der Waals surface area contributed by atoms with E-state index in [-0.39, 0.29) is 0 Å². The lowest BCUT2D eigenvalue weighted by Crippen LogP contribution is -2.17. The van der Waals surface area contributed by atoms with Gasteiger partial charge >= 0.3 is 5.97 Å². The molecule has 2 N–H and O–H groups in total. The molecule has 1 fully saturated rings. The molecule has 1 heterocycles. The second-order valence-electron chi connectivity index (χ2n) is 6.28. The molecule has 1 aromatic rings. The number of fused-ring (bicyclic) bond motifs is 1. The maximum absolute atomic E-state index is 11.3. The predicted molar refractivity (Wildman–Crippen MR) is 80.4 cm³/mol. The second-order valence-corrected chi connectivity index (χ2v) is 7.36. The molecule has 3 unspecified atom stereocenters. The standard InChI is InChI=1S/C15H22N2O2S/c1-9-5-6-10(7-9)8-16-15-17-13-11(14(18)19)3-2-4-12(13)20-15/h9-11H,2-8H2,1H3,(H,16,17)(H,18,19). The van der Waals surface area contributed by atoms with Crippen LogP contribution in [0.25, 0.3) is 0 Å². The minimum atomic E-state index is -0.729. The fourth-order valence-electron chi connectivity index (χ4n) is 3.48. The lowest BCUT2D eigenvalue weighted by Gasteiger charge is -2.16. The normalized spacial score (nSPS) is 29.1. The van der Waals surface area contributed by atoms with Gasteiger partial charge in [-0.1, -0.05) is 13.3 Å². The fourth-order valence-corrected chi connectivity index (χ4v) is 4.55. The molecule has 0 saturated heterocycles. The molecule has 0 radical (unpaired) electrons. The fraction of sp³-hybridized carbons (Fsp3) is 0.733. The van der Waals surface area contributed by atoms with Crippen molar-refractivity contribution in [2.75, 3.05) is 11.9 Å². The summed E-state index contributed by atoms with van der Waals surface area (Å²) in [6, 6.07) is 0.